The van der Waals surface area contributed by atoms with Crippen molar-refractivity contribution in [3.05, 3.63) is 71.4 Å². The Balaban J connectivity index is 1.03. The molecule has 0 spiro atoms. The molecule has 1 atom stereocenters. The largest absolute Gasteiger partial charge is 0.478 e. The highest BCUT2D eigenvalue weighted by atomic mass is 16.7. The molecule has 3 aliphatic rings. The Bertz CT molecular complexity index is 1310. The molecular weight excluding hydrogens is 488 g/mol. The molecule has 1 fully saturated rings. The van der Waals surface area contributed by atoms with Gasteiger partial charge in [-0.2, -0.15) is 0 Å². The average Bonchev–Trinajstić information content (AvgIpc) is 3.57. The van der Waals surface area contributed by atoms with Crippen LogP contribution in [-0.2, 0) is 13.0 Å². The minimum absolute atomic E-state index is 0.115. The van der Waals surface area contributed by atoms with Crippen molar-refractivity contribution < 1.29 is 29.2 Å². The minimum Gasteiger partial charge on any atom is -0.478 e. The lowest BCUT2D eigenvalue weighted by atomic mass is 10.1. The molecule has 0 bridgehead atoms. The minimum atomic E-state index is -1.02. The summed E-state index contributed by atoms with van der Waals surface area (Å²) in [5.74, 6) is 1.64. The van der Waals surface area contributed by atoms with Gasteiger partial charge in [0.05, 0.1) is 12.1 Å². The number of carboxylic acid groups (broad SMARTS) is 1. The molecule has 10 nitrogen and oxygen atoms in total. The van der Waals surface area contributed by atoms with Gasteiger partial charge in [-0.1, -0.05) is 12.1 Å². The Labute approximate surface area is 220 Å². The van der Waals surface area contributed by atoms with Crippen LogP contribution in [0.2, 0.25) is 0 Å². The number of aromatic carboxylic acids is 1. The molecule has 3 aromatic rings. The van der Waals surface area contributed by atoms with E-state index in [9.17, 15) is 9.90 Å². The second-order valence-corrected chi connectivity index (χ2v) is 9.72. The number of benzene rings is 2. The molecule has 10 heteroatoms. The fraction of sp³-hybridized carbons (Fsp3) is 0.357. The molecule has 1 unspecified atom stereocenters. The van der Waals surface area contributed by atoms with Gasteiger partial charge in [-0.3, -0.25) is 9.80 Å². The standard InChI is InChI=1S/C28H30N4O6/c33-27(31-12-10-30(11-13-31)16-19-4-6-24-25(14-19)37-18-36-24)17-32-9-8-21-22(32)2-1-3-23(21)38-26-7-5-20(15-29-26)28(34)35/h1-7,14-15,27,33H,8-13,16-18H2,(H,34,35). The van der Waals surface area contributed by atoms with Gasteiger partial charge in [0.15, 0.2) is 11.5 Å². The summed E-state index contributed by atoms with van der Waals surface area (Å²) in [6, 6.07) is 15.0. The van der Waals surface area contributed by atoms with Gasteiger partial charge in [0.25, 0.3) is 0 Å². The fourth-order valence-corrected chi connectivity index (χ4v) is 5.26. The zero-order valence-electron chi connectivity index (χ0n) is 21.0. The topological polar surface area (TPSA) is 108 Å². The second-order valence-electron chi connectivity index (χ2n) is 9.72. The third-order valence-corrected chi connectivity index (χ3v) is 7.33. The zero-order valence-corrected chi connectivity index (χ0v) is 21.0. The third-order valence-electron chi connectivity index (χ3n) is 7.33. The highest BCUT2D eigenvalue weighted by Crippen LogP contribution is 2.37. The summed E-state index contributed by atoms with van der Waals surface area (Å²) in [6.45, 7) is 5.80. The first-order chi connectivity index (χ1) is 18.5. The van der Waals surface area contributed by atoms with Gasteiger partial charge in [0.2, 0.25) is 12.7 Å². The first-order valence-corrected chi connectivity index (χ1v) is 12.8. The number of fused-ring (bicyclic) bond motifs is 2. The molecule has 38 heavy (non-hydrogen) atoms. The van der Waals surface area contributed by atoms with Crippen molar-refractivity contribution in [2.75, 3.05) is 51.0 Å². The maximum absolute atomic E-state index is 11.1. The number of nitrogens with zero attached hydrogens (tertiary/aromatic N) is 4. The van der Waals surface area contributed by atoms with E-state index >= 15 is 0 Å². The quantitative estimate of drug-likeness (QED) is 0.462. The number of piperazine rings is 1. The summed E-state index contributed by atoms with van der Waals surface area (Å²) in [4.78, 5) is 21.9. The van der Waals surface area contributed by atoms with E-state index in [1.165, 1.54) is 17.8 Å². The van der Waals surface area contributed by atoms with E-state index in [-0.39, 0.29) is 12.4 Å². The van der Waals surface area contributed by atoms with E-state index < -0.39 is 12.2 Å². The lowest BCUT2D eigenvalue weighted by Gasteiger charge is -2.38. The summed E-state index contributed by atoms with van der Waals surface area (Å²) >= 11 is 0. The van der Waals surface area contributed by atoms with E-state index in [0.29, 0.717) is 18.2 Å². The zero-order chi connectivity index (χ0) is 26.1. The van der Waals surface area contributed by atoms with Crippen LogP contribution in [0.3, 0.4) is 0 Å². The van der Waals surface area contributed by atoms with Crippen molar-refractivity contribution in [2.24, 2.45) is 0 Å². The molecule has 0 aliphatic carbocycles. The normalized spacial score (nSPS) is 17.9. The molecule has 2 N–H and O–H groups in total. The molecule has 4 heterocycles. The van der Waals surface area contributed by atoms with Crippen LogP contribution in [0, 0.1) is 0 Å². The van der Waals surface area contributed by atoms with E-state index in [2.05, 4.69) is 25.8 Å². The van der Waals surface area contributed by atoms with Crippen molar-refractivity contribution in [2.45, 2.75) is 19.2 Å². The molecule has 0 radical (unpaired) electrons. The Kier molecular flexibility index (Phi) is 6.75. The smallest absolute Gasteiger partial charge is 0.337 e. The van der Waals surface area contributed by atoms with Crippen LogP contribution in [0.15, 0.2) is 54.7 Å². The SMILES string of the molecule is O=C(O)c1ccc(Oc2cccc3c2CCN3CC(O)N2CCN(Cc3ccc4c(c3)OCO4)CC2)nc1. The van der Waals surface area contributed by atoms with Crippen LogP contribution in [-0.4, -0.2) is 83.3 Å². The van der Waals surface area contributed by atoms with E-state index in [4.69, 9.17) is 19.3 Å². The molecule has 198 valence electrons. The lowest BCUT2D eigenvalue weighted by molar-refractivity contribution is -0.0210. The summed E-state index contributed by atoms with van der Waals surface area (Å²) in [5, 5.41) is 20.1. The molecule has 0 amide bonds. The van der Waals surface area contributed by atoms with Crippen LogP contribution in [0.4, 0.5) is 5.69 Å². The van der Waals surface area contributed by atoms with Gasteiger partial charge in [0, 0.05) is 62.8 Å². The average molecular weight is 519 g/mol. The van der Waals surface area contributed by atoms with Crippen molar-refractivity contribution in [3.63, 3.8) is 0 Å². The number of anilines is 1. The maximum atomic E-state index is 11.1. The Morgan fingerprint density at radius 2 is 1.87 bits per heavy atom. The molecule has 0 saturated carbocycles. The lowest BCUT2D eigenvalue weighted by Crippen LogP contribution is -2.53. The monoisotopic (exact) mass is 518 g/mol. The number of carbonyl (C=O) groups is 1. The van der Waals surface area contributed by atoms with Crippen LogP contribution in [0.25, 0.3) is 0 Å². The summed E-state index contributed by atoms with van der Waals surface area (Å²) in [5.41, 5.74) is 3.43. The Morgan fingerprint density at radius 1 is 1.03 bits per heavy atom. The Hall–Kier alpha value is -3.86. The number of carboxylic acids is 1. The third kappa shape index (κ3) is 5.10. The summed E-state index contributed by atoms with van der Waals surface area (Å²) < 4.78 is 16.9. The van der Waals surface area contributed by atoms with Crippen LogP contribution in [0.1, 0.15) is 21.5 Å². The van der Waals surface area contributed by atoms with Crippen LogP contribution >= 0.6 is 0 Å². The van der Waals surface area contributed by atoms with Crippen molar-refractivity contribution in [3.8, 4) is 23.1 Å². The highest BCUT2D eigenvalue weighted by molar-refractivity contribution is 5.87. The highest BCUT2D eigenvalue weighted by Gasteiger charge is 2.28. The first-order valence-electron chi connectivity index (χ1n) is 12.8. The van der Waals surface area contributed by atoms with Crippen LogP contribution in [0.5, 0.6) is 23.1 Å². The van der Waals surface area contributed by atoms with Crippen LogP contribution < -0.4 is 19.1 Å². The molecule has 3 aliphatic heterocycles. The second kappa shape index (κ2) is 10.5. The van der Waals surface area contributed by atoms with Gasteiger partial charge < -0.3 is 29.3 Å². The molecule has 1 aromatic heterocycles. The van der Waals surface area contributed by atoms with E-state index in [1.54, 1.807) is 6.07 Å². The number of hydrogen-bond donors (Lipinski definition) is 2. The predicted octanol–water partition coefficient (Wildman–Crippen LogP) is 2.80. The Morgan fingerprint density at radius 3 is 2.66 bits per heavy atom. The molecule has 1 saturated heterocycles. The number of aliphatic hydroxyl groups is 1. The van der Waals surface area contributed by atoms with Gasteiger partial charge in [-0.05, 0) is 42.3 Å². The summed E-state index contributed by atoms with van der Waals surface area (Å²) in [7, 11) is 0. The van der Waals surface area contributed by atoms with Crippen molar-refractivity contribution in [1.29, 1.82) is 0 Å². The number of β-amino-alcohol motifs (C(OH)–C–C–N with tert-alkyl or cyclic N) is 1. The van der Waals surface area contributed by atoms with Gasteiger partial charge in [-0.25, -0.2) is 9.78 Å². The molecular formula is C28H30N4O6. The number of aromatic nitrogens is 1. The fourth-order valence-electron chi connectivity index (χ4n) is 5.26. The van der Waals surface area contributed by atoms with E-state index in [0.717, 1.165) is 68.4 Å². The first kappa shape index (κ1) is 24.5. The van der Waals surface area contributed by atoms with Gasteiger partial charge >= 0.3 is 5.97 Å². The number of aliphatic hydroxyl groups excluding tert-OH is 1. The number of ether oxygens (including phenoxy) is 3. The maximum Gasteiger partial charge on any atom is 0.337 e. The number of hydrogen-bond acceptors (Lipinski definition) is 9. The molecule has 6 rings (SSSR count). The molecule has 2 aromatic carbocycles. The number of rotatable bonds is 8. The predicted molar refractivity (Wildman–Crippen MR) is 139 cm³/mol. The number of pyridine rings is 1. The van der Waals surface area contributed by atoms with Gasteiger partial charge in [0.1, 0.15) is 12.0 Å². The van der Waals surface area contributed by atoms with Gasteiger partial charge in [-0.15, -0.1) is 0 Å². The van der Waals surface area contributed by atoms with E-state index in [1.807, 2.05) is 30.3 Å². The van der Waals surface area contributed by atoms with Crippen molar-refractivity contribution in [1.82, 2.24) is 14.8 Å². The summed E-state index contributed by atoms with van der Waals surface area (Å²) in [6.07, 6.45) is 1.52. The van der Waals surface area contributed by atoms with Crippen molar-refractivity contribution >= 4 is 11.7 Å².